The number of carbonyl (C=O) groups excluding carboxylic acids is 4. The lowest BCUT2D eigenvalue weighted by Crippen LogP contribution is -2.43. The average molecular weight is 634 g/mol. The molecule has 12 heteroatoms. The third kappa shape index (κ3) is 6.17. The third-order valence-electron chi connectivity index (χ3n) is 8.51. The van der Waals surface area contributed by atoms with E-state index in [2.05, 4.69) is 15.6 Å². The molecule has 12 nitrogen and oxygen atoms in total. The van der Waals surface area contributed by atoms with Crippen molar-refractivity contribution in [3.05, 3.63) is 103 Å². The fourth-order valence-electron chi connectivity index (χ4n) is 6.07. The number of hydrogen-bond acceptors (Lipinski definition) is 8. The van der Waals surface area contributed by atoms with E-state index in [0.717, 1.165) is 24.0 Å². The molecule has 5 aromatic rings. The number of aromatic nitrogens is 1. The Kier molecular flexibility index (Phi) is 8.13. The first-order valence-electron chi connectivity index (χ1n) is 15.4. The Morgan fingerprint density at radius 1 is 0.660 bits per heavy atom. The maximum absolute atomic E-state index is 13.1. The number of nitrogens with one attached hydrogen (secondary N) is 2. The highest BCUT2D eigenvalue weighted by molar-refractivity contribution is 6.02. The summed E-state index contributed by atoms with van der Waals surface area (Å²) in [5.41, 5.74) is 3.54. The maximum Gasteiger partial charge on any atom is 0.257 e. The standard InChI is InChI=1S/C35H31N5O7/c41-31(28-3-1-15-39(28)34(43)24-13-17-45-20-24)37-26-9-5-22(6-10-26)30-19-36-33(47-30)23-7-11-27(12-8-23)38-32(42)29-4-2-16-40(29)35(44)25-14-18-46-21-25/h5-14,17-21,28-29H,1-4,15-16H2,(H,37,41)(H,38,42). The van der Waals surface area contributed by atoms with E-state index < -0.39 is 12.1 Å². The minimum Gasteiger partial charge on any atom is -0.472 e. The number of anilines is 2. The van der Waals surface area contributed by atoms with Crippen molar-refractivity contribution in [2.75, 3.05) is 23.7 Å². The van der Waals surface area contributed by atoms with Gasteiger partial charge in [0.25, 0.3) is 11.8 Å². The number of oxazole rings is 1. The largest absolute Gasteiger partial charge is 0.472 e. The second-order valence-electron chi connectivity index (χ2n) is 11.5. The van der Waals surface area contributed by atoms with Gasteiger partial charge in [0.2, 0.25) is 17.7 Å². The zero-order valence-corrected chi connectivity index (χ0v) is 25.3. The van der Waals surface area contributed by atoms with Gasteiger partial charge in [0.05, 0.1) is 29.9 Å². The molecular weight excluding hydrogens is 602 g/mol. The minimum absolute atomic E-state index is 0.220. The maximum atomic E-state index is 13.1. The van der Waals surface area contributed by atoms with Gasteiger partial charge in [-0.05, 0) is 86.3 Å². The first-order chi connectivity index (χ1) is 22.9. The number of furan rings is 2. The Labute approximate surface area is 269 Å². The first-order valence-corrected chi connectivity index (χ1v) is 15.4. The summed E-state index contributed by atoms with van der Waals surface area (Å²) >= 11 is 0. The van der Waals surface area contributed by atoms with Crippen LogP contribution in [-0.4, -0.2) is 63.6 Å². The van der Waals surface area contributed by atoms with Gasteiger partial charge in [0.15, 0.2) is 5.76 Å². The second-order valence-corrected chi connectivity index (χ2v) is 11.5. The molecule has 0 radical (unpaired) electrons. The van der Waals surface area contributed by atoms with Crippen LogP contribution in [-0.2, 0) is 9.59 Å². The van der Waals surface area contributed by atoms with Crippen LogP contribution in [0.3, 0.4) is 0 Å². The molecule has 2 fully saturated rings. The summed E-state index contributed by atoms with van der Waals surface area (Å²) in [6.07, 6.45) is 9.96. The smallest absolute Gasteiger partial charge is 0.257 e. The van der Waals surface area contributed by atoms with E-state index in [1.54, 1.807) is 64.5 Å². The van der Waals surface area contributed by atoms with Gasteiger partial charge in [-0.25, -0.2) is 4.98 Å². The van der Waals surface area contributed by atoms with Gasteiger partial charge in [-0.1, -0.05) is 0 Å². The van der Waals surface area contributed by atoms with E-state index in [4.69, 9.17) is 13.3 Å². The molecule has 3 aromatic heterocycles. The quantitative estimate of drug-likeness (QED) is 0.222. The van der Waals surface area contributed by atoms with Gasteiger partial charge in [-0.15, -0.1) is 0 Å². The minimum atomic E-state index is -0.555. The topological polar surface area (TPSA) is 151 Å². The van der Waals surface area contributed by atoms with E-state index in [1.807, 2.05) is 12.1 Å². The fourth-order valence-corrected chi connectivity index (χ4v) is 6.07. The summed E-state index contributed by atoms with van der Waals surface area (Å²) in [5.74, 6) is 0.0347. The molecule has 7 rings (SSSR count). The average Bonchev–Trinajstić information content (AvgIpc) is 3.93. The monoisotopic (exact) mass is 633 g/mol. The summed E-state index contributed by atoms with van der Waals surface area (Å²) in [5, 5.41) is 5.83. The Morgan fingerprint density at radius 2 is 1.15 bits per heavy atom. The van der Waals surface area contributed by atoms with Gasteiger partial charge in [0, 0.05) is 35.6 Å². The van der Waals surface area contributed by atoms with Crippen LogP contribution in [0.5, 0.6) is 0 Å². The number of benzene rings is 2. The van der Waals surface area contributed by atoms with Gasteiger partial charge in [0.1, 0.15) is 24.6 Å². The molecule has 47 heavy (non-hydrogen) atoms. The van der Waals surface area contributed by atoms with E-state index in [0.29, 0.717) is 60.1 Å². The second kappa shape index (κ2) is 12.8. The highest BCUT2D eigenvalue weighted by atomic mass is 16.4. The lowest BCUT2D eigenvalue weighted by atomic mass is 10.1. The zero-order chi connectivity index (χ0) is 32.3. The normalized spacial score (nSPS) is 17.5. The van der Waals surface area contributed by atoms with Crippen molar-refractivity contribution < 1.29 is 32.4 Å². The molecule has 238 valence electrons. The van der Waals surface area contributed by atoms with Gasteiger partial charge in [-0.2, -0.15) is 0 Å². The summed E-state index contributed by atoms with van der Waals surface area (Å²) in [6, 6.07) is 16.4. The number of hydrogen-bond donors (Lipinski definition) is 2. The molecular formula is C35H31N5O7. The number of amides is 4. The first kappa shape index (κ1) is 29.8. The summed E-state index contributed by atoms with van der Waals surface area (Å²) in [4.78, 5) is 59.3. The highest BCUT2D eigenvalue weighted by Gasteiger charge is 2.36. The Bertz CT molecular complexity index is 1740. The number of likely N-dealkylation sites (tertiary alicyclic amines) is 2. The van der Waals surface area contributed by atoms with Crippen molar-refractivity contribution in [3.8, 4) is 22.8 Å². The molecule has 2 saturated heterocycles. The lowest BCUT2D eigenvalue weighted by molar-refractivity contribution is -0.120. The molecule has 2 aliphatic heterocycles. The Morgan fingerprint density at radius 3 is 1.62 bits per heavy atom. The molecule has 4 amide bonds. The Hall–Kier alpha value is -5.91. The summed E-state index contributed by atoms with van der Waals surface area (Å²) in [7, 11) is 0. The van der Waals surface area contributed by atoms with Crippen LogP contribution in [0.1, 0.15) is 46.4 Å². The van der Waals surface area contributed by atoms with E-state index in [1.165, 1.54) is 25.1 Å². The van der Waals surface area contributed by atoms with Gasteiger partial charge >= 0.3 is 0 Å². The summed E-state index contributed by atoms with van der Waals surface area (Å²) in [6.45, 7) is 1.03. The van der Waals surface area contributed by atoms with Crippen molar-refractivity contribution >= 4 is 35.0 Å². The molecule has 5 heterocycles. The van der Waals surface area contributed by atoms with Crippen LogP contribution in [0.4, 0.5) is 11.4 Å². The SMILES string of the molecule is O=C(Nc1ccc(-c2cnc(-c3ccc(NC(=O)C4CCCN4C(=O)c4ccoc4)cc3)o2)cc1)C1CCCN1C(=O)c1ccoc1. The van der Waals surface area contributed by atoms with Crippen molar-refractivity contribution in [1.29, 1.82) is 0 Å². The molecule has 2 atom stereocenters. The van der Waals surface area contributed by atoms with Crippen molar-refractivity contribution in [2.45, 2.75) is 37.8 Å². The van der Waals surface area contributed by atoms with E-state index in [-0.39, 0.29) is 23.6 Å². The fraction of sp³-hybridized carbons (Fsp3) is 0.229. The predicted molar refractivity (Wildman–Crippen MR) is 170 cm³/mol. The Balaban J connectivity index is 0.954. The molecule has 0 aliphatic carbocycles. The molecule has 2 N–H and O–H groups in total. The van der Waals surface area contributed by atoms with E-state index in [9.17, 15) is 19.2 Å². The molecule has 2 aliphatic rings. The number of rotatable bonds is 8. The third-order valence-corrected chi connectivity index (χ3v) is 8.51. The molecule has 0 saturated carbocycles. The van der Waals surface area contributed by atoms with Crippen molar-refractivity contribution in [1.82, 2.24) is 14.8 Å². The van der Waals surface area contributed by atoms with Gasteiger partial charge < -0.3 is 33.7 Å². The van der Waals surface area contributed by atoms with Gasteiger partial charge in [-0.3, -0.25) is 19.2 Å². The van der Waals surface area contributed by atoms with Crippen LogP contribution >= 0.6 is 0 Å². The number of carbonyl (C=O) groups is 4. The summed E-state index contributed by atoms with van der Waals surface area (Å²) < 4.78 is 16.1. The zero-order valence-electron chi connectivity index (χ0n) is 25.3. The van der Waals surface area contributed by atoms with Crippen LogP contribution < -0.4 is 10.6 Å². The van der Waals surface area contributed by atoms with Crippen LogP contribution in [0.15, 0.2) is 105 Å². The van der Waals surface area contributed by atoms with Crippen LogP contribution in [0.2, 0.25) is 0 Å². The highest BCUT2D eigenvalue weighted by Crippen LogP contribution is 2.29. The van der Waals surface area contributed by atoms with Crippen LogP contribution in [0, 0.1) is 0 Å². The molecule has 0 spiro atoms. The molecule has 2 aromatic carbocycles. The van der Waals surface area contributed by atoms with Crippen molar-refractivity contribution in [3.63, 3.8) is 0 Å². The van der Waals surface area contributed by atoms with Crippen LogP contribution in [0.25, 0.3) is 22.8 Å². The van der Waals surface area contributed by atoms with E-state index >= 15 is 0 Å². The predicted octanol–water partition coefficient (Wildman–Crippen LogP) is 5.68. The van der Waals surface area contributed by atoms with Crippen molar-refractivity contribution in [2.24, 2.45) is 0 Å². The number of nitrogens with zero attached hydrogens (tertiary/aromatic N) is 3. The lowest BCUT2D eigenvalue weighted by Gasteiger charge is -2.23. The molecule has 2 unspecified atom stereocenters. The molecule has 0 bridgehead atoms.